The van der Waals surface area contributed by atoms with Crippen molar-refractivity contribution in [3.05, 3.63) is 30.5 Å². The summed E-state index contributed by atoms with van der Waals surface area (Å²) in [7, 11) is 0. The minimum absolute atomic E-state index is 0.0380. The van der Waals surface area contributed by atoms with Crippen molar-refractivity contribution in [2.75, 3.05) is 31.5 Å². The highest BCUT2D eigenvalue weighted by Crippen LogP contribution is 2.31. The molecule has 152 valence electrons. The second kappa shape index (κ2) is 8.66. The van der Waals surface area contributed by atoms with Crippen LogP contribution in [0.3, 0.4) is 0 Å². The van der Waals surface area contributed by atoms with Crippen LogP contribution in [0.15, 0.2) is 30.5 Å². The maximum atomic E-state index is 12.7. The number of urea groups is 1. The molecule has 0 radical (unpaired) electrons. The molecule has 1 aromatic heterocycles. The fourth-order valence-electron chi connectivity index (χ4n) is 3.43. The summed E-state index contributed by atoms with van der Waals surface area (Å²) in [6.07, 6.45) is 1.06. The van der Waals surface area contributed by atoms with E-state index in [0.717, 1.165) is 0 Å². The molecule has 0 saturated carbocycles. The number of anilines is 1. The van der Waals surface area contributed by atoms with E-state index in [1.165, 1.54) is 18.3 Å². The first-order valence-corrected chi connectivity index (χ1v) is 9.15. The van der Waals surface area contributed by atoms with E-state index in [0.29, 0.717) is 37.3 Å². The second-order valence-corrected chi connectivity index (χ2v) is 6.96. The van der Waals surface area contributed by atoms with Crippen LogP contribution in [0.4, 0.5) is 19.3 Å². The lowest BCUT2D eigenvalue weighted by atomic mass is 10.1. The molecule has 1 aliphatic heterocycles. The third kappa shape index (κ3) is 4.66. The molecule has 0 spiro atoms. The smallest absolute Gasteiger partial charge is 0.387 e. The van der Waals surface area contributed by atoms with Crippen LogP contribution in [0.25, 0.3) is 10.9 Å². The number of carbonyl (C=O) groups excluding carboxylic acids is 1. The van der Waals surface area contributed by atoms with Crippen LogP contribution >= 0.6 is 0 Å². The number of piperazine rings is 1. The Balaban J connectivity index is 1.74. The van der Waals surface area contributed by atoms with Crippen molar-refractivity contribution >= 4 is 22.6 Å². The van der Waals surface area contributed by atoms with Crippen LogP contribution < -0.4 is 10.1 Å². The number of rotatable bonds is 5. The molecule has 1 saturated heterocycles. The Morgan fingerprint density at radius 3 is 2.86 bits per heavy atom. The van der Waals surface area contributed by atoms with Gasteiger partial charge in [0.15, 0.2) is 5.75 Å². The minimum Gasteiger partial charge on any atom is -0.432 e. The summed E-state index contributed by atoms with van der Waals surface area (Å²) in [5.74, 6) is -0.0380. The average Bonchev–Trinajstić information content (AvgIpc) is 2.64. The molecule has 1 aliphatic rings. The molecular weight excluding hydrogens is 370 g/mol. The molecule has 2 N–H and O–H groups in total. The summed E-state index contributed by atoms with van der Waals surface area (Å²) in [5, 5.41) is 12.9. The fraction of sp³-hybridized carbons (Fsp3) is 0.474. The summed E-state index contributed by atoms with van der Waals surface area (Å²) in [4.78, 5) is 20.7. The number of fused-ring (bicyclic) bond motifs is 1. The summed E-state index contributed by atoms with van der Waals surface area (Å²) in [5.41, 5.74) is 0.740. The third-order valence-electron chi connectivity index (χ3n) is 4.74. The number of hydrogen-bond acceptors (Lipinski definition) is 5. The van der Waals surface area contributed by atoms with Gasteiger partial charge in [-0.25, -0.2) is 4.79 Å². The molecule has 9 heteroatoms. The van der Waals surface area contributed by atoms with Crippen LogP contribution in [-0.2, 0) is 0 Å². The lowest BCUT2D eigenvalue weighted by Gasteiger charge is -2.40. The highest BCUT2D eigenvalue weighted by molar-refractivity contribution is 6.02. The summed E-state index contributed by atoms with van der Waals surface area (Å²) in [6.45, 7) is 3.10. The number of aliphatic hydroxyl groups is 1. The molecule has 1 fully saturated rings. The van der Waals surface area contributed by atoms with Gasteiger partial charge in [0, 0.05) is 43.8 Å². The maximum Gasteiger partial charge on any atom is 0.387 e. The molecule has 1 aromatic carbocycles. The second-order valence-electron chi connectivity index (χ2n) is 6.96. The van der Waals surface area contributed by atoms with E-state index < -0.39 is 12.7 Å². The Labute approximate surface area is 161 Å². The van der Waals surface area contributed by atoms with Crippen LogP contribution in [0, 0.1) is 0 Å². The lowest BCUT2D eigenvalue weighted by molar-refractivity contribution is -0.0489. The van der Waals surface area contributed by atoms with Crippen LogP contribution in [0.5, 0.6) is 5.75 Å². The van der Waals surface area contributed by atoms with Crippen LogP contribution in [0.2, 0.25) is 0 Å². The van der Waals surface area contributed by atoms with Gasteiger partial charge in [-0.3, -0.25) is 9.88 Å². The number of pyridine rings is 1. The lowest BCUT2D eigenvalue weighted by Crippen LogP contribution is -2.55. The predicted octanol–water partition coefficient (Wildman–Crippen LogP) is 2.76. The number of ether oxygens (including phenoxy) is 1. The van der Waals surface area contributed by atoms with Crippen molar-refractivity contribution < 1.29 is 23.4 Å². The Kier molecular flexibility index (Phi) is 6.25. The first-order chi connectivity index (χ1) is 13.3. The average molecular weight is 394 g/mol. The van der Waals surface area contributed by atoms with Crippen molar-refractivity contribution in [1.82, 2.24) is 14.8 Å². The molecule has 2 heterocycles. The number of β-amino-alcohol motifs (C(OH)–C–C–N with tert-alkyl or cyclic N) is 1. The molecule has 2 atom stereocenters. The van der Waals surface area contributed by atoms with Crippen LogP contribution in [-0.4, -0.2) is 70.9 Å². The zero-order valence-corrected chi connectivity index (χ0v) is 15.8. The fourth-order valence-corrected chi connectivity index (χ4v) is 3.43. The number of benzene rings is 1. The van der Waals surface area contributed by atoms with Gasteiger partial charge in [-0.1, -0.05) is 0 Å². The van der Waals surface area contributed by atoms with E-state index in [2.05, 4.69) is 19.9 Å². The first-order valence-electron chi connectivity index (χ1n) is 9.15. The summed E-state index contributed by atoms with van der Waals surface area (Å²) in [6, 6.07) is 6.12. The molecule has 3 rings (SSSR count). The summed E-state index contributed by atoms with van der Waals surface area (Å²) < 4.78 is 29.7. The van der Waals surface area contributed by atoms with Crippen LogP contribution in [0.1, 0.15) is 13.8 Å². The zero-order chi connectivity index (χ0) is 20.3. The molecule has 28 heavy (non-hydrogen) atoms. The van der Waals surface area contributed by atoms with Gasteiger partial charge >= 0.3 is 12.6 Å². The highest BCUT2D eigenvalue weighted by Gasteiger charge is 2.27. The van der Waals surface area contributed by atoms with Gasteiger partial charge < -0.3 is 20.1 Å². The molecular formula is C19H24F2N4O3. The summed E-state index contributed by atoms with van der Waals surface area (Å²) >= 11 is 0. The highest BCUT2D eigenvalue weighted by atomic mass is 19.3. The molecule has 2 aromatic rings. The van der Waals surface area contributed by atoms with Gasteiger partial charge in [0.05, 0.1) is 11.8 Å². The molecule has 2 amide bonds. The number of amides is 2. The van der Waals surface area contributed by atoms with E-state index in [4.69, 9.17) is 0 Å². The Bertz CT molecular complexity index is 834. The number of carbonyl (C=O) groups is 1. The molecule has 0 aliphatic carbocycles. The van der Waals surface area contributed by atoms with Gasteiger partial charge in [0.1, 0.15) is 5.52 Å². The SMILES string of the molecule is C[C@H](O)CN1CCN(C(=O)Nc2ccc(OC(F)F)c3ncccc23)C[C@@H]1C. The molecule has 7 nitrogen and oxygen atoms in total. The number of aromatic nitrogens is 1. The number of hydrogen-bond donors (Lipinski definition) is 2. The third-order valence-corrected chi connectivity index (χ3v) is 4.74. The minimum atomic E-state index is -2.95. The standard InChI is InChI=1S/C19H24F2N4O3/c1-12-10-25(9-8-24(12)11-13(2)26)19(27)23-15-5-6-16(28-18(20)21)17-14(15)4-3-7-22-17/h3-7,12-13,18,26H,8-11H2,1-2H3,(H,23,27)/t12-,13-/m0/s1. The normalized spacial score (nSPS) is 19.1. The molecule has 0 unspecified atom stereocenters. The quantitative estimate of drug-likeness (QED) is 0.816. The van der Waals surface area contributed by atoms with E-state index in [1.807, 2.05) is 6.92 Å². The Hall–Kier alpha value is -2.52. The van der Waals surface area contributed by atoms with Crippen molar-refractivity contribution in [3.63, 3.8) is 0 Å². The van der Waals surface area contributed by atoms with Gasteiger partial charge in [-0.05, 0) is 38.1 Å². The number of halogens is 2. The Morgan fingerprint density at radius 2 is 2.18 bits per heavy atom. The van der Waals surface area contributed by atoms with Gasteiger partial charge in [0.25, 0.3) is 0 Å². The number of nitrogens with zero attached hydrogens (tertiary/aromatic N) is 3. The number of nitrogens with one attached hydrogen (secondary N) is 1. The first kappa shape index (κ1) is 20.2. The maximum absolute atomic E-state index is 12.7. The van der Waals surface area contributed by atoms with Crippen molar-refractivity contribution in [3.8, 4) is 5.75 Å². The molecule has 0 bridgehead atoms. The van der Waals surface area contributed by atoms with Crippen molar-refractivity contribution in [2.24, 2.45) is 0 Å². The Morgan fingerprint density at radius 1 is 1.39 bits per heavy atom. The predicted molar refractivity (Wildman–Crippen MR) is 102 cm³/mol. The van der Waals surface area contributed by atoms with Crippen molar-refractivity contribution in [1.29, 1.82) is 0 Å². The topological polar surface area (TPSA) is 77.9 Å². The number of alkyl halides is 2. The monoisotopic (exact) mass is 394 g/mol. The van der Waals surface area contributed by atoms with E-state index in [-0.39, 0.29) is 23.3 Å². The van der Waals surface area contributed by atoms with E-state index in [9.17, 15) is 18.7 Å². The number of aliphatic hydroxyl groups excluding tert-OH is 1. The van der Waals surface area contributed by atoms with E-state index in [1.54, 1.807) is 24.0 Å². The van der Waals surface area contributed by atoms with Gasteiger partial charge in [-0.15, -0.1) is 0 Å². The van der Waals surface area contributed by atoms with Gasteiger partial charge in [-0.2, -0.15) is 8.78 Å². The zero-order valence-electron chi connectivity index (χ0n) is 15.8. The van der Waals surface area contributed by atoms with Gasteiger partial charge in [0.2, 0.25) is 0 Å². The largest absolute Gasteiger partial charge is 0.432 e. The van der Waals surface area contributed by atoms with Crippen molar-refractivity contribution in [2.45, 2.75) is 32.6 Å². The van der Waals surface area contributed by atoms with E-state index >= 15 is 0 Å².